The number of methoxy groups -OCH3 is 1. The molecule has 8 heteroatoms. The van der Waals surface area contributed by atoms with Crippen LogP contribution in [0.4, 0.5) is 0 Å². The number of hydrogen-bond acceptors (Lipinski definition) is 5. The van der Waals surface area contributed by atoms with Crippen LogP contribution in [0.2, 0.25) is 0 Å². The van der Waals surface area contributed by atoms with Gasteiger partial charge in [-0.2, -0.15) is 4.98 Å². The Balaban J connectivity index is 1.92. The van der Waals surface area contributed by atoms with Gasteiger partial charge in [-0.3, -0.25) is 23.3 Å². The molecule has 0 bridgehead atoms. The van der Waals surface area contributed by atoms with Crippen molar-refractivity contribution in [2.45, 2.75) is 13.5 Å². The van der Waals surface area contributed by atoms with Gasteiger partial charge in [0, 0.05) is 14.1 Å². The normalized spacial score (nSPS) is 11.1. The van der Waals surface area contributed by atoms with Crippen LogP contribution in [0.3, 0.4) is 0 Å². The van der Waals surface area contributed by atoms with Crippen molar-refractivity contribution in [3.05, 3.63) is 80.4 Å². The van der Waals surface area contributed by atoms with Crippen molar-refractivity contribution in [3.8, 4) is 17.5 Å². The van der Waals surface area contributed by atoms with Crippen molar-refractivity contribution in [1.29, 1.82) is 0 Å². The lowest BCUT2D eigenvalue weighted by Crippen LogP contribution is -2.39. The fraction of sp³-hybridized carbons (Fsp3) is 0.227. The molecule has 0 saturated carbocycles. The number of nitrogens with zero attached hydrogens (tertiary/aromatic N) is 4. The molecule has 4 aromatic rings. The molecule has 2 aromatic carbocycles. The molecular weight excluding hydrogens is 384 g/mol. The number of hydrogen-bond donors (Lipinski definition) is 0. The Hall–Kier alpha value is -3.81. The molecule has 2 heterocycles. The van der Waals surface area contributed by atoms with E-state index < -0.39 is 11.1 Å². The van der Waals surface area contributed by atoms with Gasteiger partial charge in [-0.05, 0) is 36.8 Å². The minimum atomic E-state index is -0.641. The highest BCUT2D eigenvalue weighted by atomic mass is 16.5. The monoisotopic (exact) mass is 406 g/mol. The number of aromatic nitrogens is 4. The maximum Gasteiger partial charge on any atom is 0.317 e. The van der Waals surface area contributed by atoms with Gasteiger partial charge in [0.1, 0.15) is 11.5 Å². The van der Waals surface area contributed by atoms with Gasteiger partial charge in [0.2, 0.25) is 0 Å². The summed E-state index contributed by atoms with van der Waals surface area (Å²) >= 11 is 0. The molecule has 0 amide bonds. The van der Waals surface area contributed by atoms with Gasteiger partial charge in [0.05, 0.1) is 13.7 Å². The molecule has 0 atom stereocenters. The second-order valence-electron chi connectivity index (χ2n) is 7.12. The lowest BCUT2D eigenvalue weighted by atomic mass is 10.2. The first-order valence-electron chi connectivity index (χ1n) is 9.42. The van der Waals surface area contributed by atoms with Gasteiger partial charge in [-0.25, -0.2) is 0 Å². The van der Waals surface area contributed by atoms with E-state index in [1.54, 1.807) is 18.7 Å². The third-order valence-electron chi connectivity index (χ3n) is 5.02. The summed E-state index contributed by atoms with van der Waals surface area (Å²) in [6.45, 7) is 2.37. The number of aryl methyl sites for hydroxylation is 3. The highest BCUT2D eigenvalue weighted by molar-refractivity contribution is 5.69. The zero-order valence-corrected chi connectivity index (χ0v) is 17.2. The molecule has 0 aliphatic heterocycles. The van der Waals surface area contributed by atoms with Gasteiger partial charge in [-0.1, -0.05) is 29.8 Å². The van der Waals surface area contributed by atoms with Crippen LogP contribution in [-0.2, 0) is 20.6 Å². The Kier molecular flexibility index (Phi) is 4.91. The highest BCUT2D eigenvalue weighted by Crippen LogP contribution is 2.26. The number of fused-ring (bicyclic) bond motifs is 1. The predicted octanol–water partition coefficient (Wildman–Crippen LogP) is 2.59. The Labute approximate surface area is 172 Å². The molecule has 0 unspecified atom stereocenters. The lowest BCUT2D eigenvalue weighted by Gasteiger charge is -2.12. The highest BCUT2D eigenvalue weighted by Gasteiger charge is 2.20. The van der Waals surface area contributed by atoms with E-state index in [-0.39, 0.29) is 6.01 Å². The molecule has 2 aromatic heterocycles. The maximum absolute atomic E-state index is 12.4. The van der Waals surface area contributed by atoms with Crippen molar-refractivity contribution < 1.29 is 9.47 Å². The quantitative estimate of drug-likeness (QED) is 0.476. The van der Waals surface area contributed by atoms with Crippen molar-refractivity contribution in [3.63, 3.8) is 0 Å². The van der Waals surface area contributed by atoms with Gasteiger partial charge in [0.25, 0.3) is 0 Å². The molecule has 154 valence electrons. The molecule has 0 radical (unpaired) electrons. The molecule has 8 nitrogen and oxygen atoms in total. The van der Waals surface area contributed by atoms with E-state index in [0.29, 0.717) is 23.6 Å². The van der Waals surface area contributed by atoms with Crippen LogP contribution in [-0.4, -0.2) is 25.8 Å². The SMILES string of the molecule is COc1cccc(Cn2c(Oc3ccc(C)cc3)nc3c2n(C)c(=O)c(=O)n3C)c1. The van der Waals surface area contributed by atoms with Crippen LogP contribution in [0.25, 0.3) is 11.3 Å². The minimum Gasteiger partial charge on any atom is -0.497 e. The number of ether oxygens (including phenoxy) is 2. The molecular formula is C22H22N4O4. The van der Waals surface area contributed by atoms with Crippen LogP contribution in [0, 0.1) is 6.92 Å². The zero-order chi connectivity index (χ0) is 21.4. The summed E-state index contributed by atoms with van der Waals surface area (Å²) in [5.41, 5.74) is 1.64. The summed E-state index contributed by atoms with van der Waals surface area (Å²) in [4.78, 5) is 29.3. The van der Waals surface area contributed by atoms with Crippen molar-refractivity contribution >= 4 is 11.3 Å². The summed E-state index contributed by atoms with van der Waals surface area (Å²) in [7, 11) is 4.70. The van der Waals surface area contributed by atoms with Crippen LogP contribution in [0.15, 0.2) is 58.1 Å². The summed E-state index contributed by atoms with van der Waals surface area (Å²) in [6, 6.07) is 15.5. The van der Waals surface area contributed by atoms with Crippen molar-refractivity contribution in [2.24, 2.45) is 14.1 Å². The molecule has 30 heavy (non-hydrogen) atoms. The third-order valence-corrected chi connectivity index (χ3v) is 5.02. The second kappa shape index (κ2) is 7.55. The van der Waals surface area contributed by atoms with E-state index in [0.717, 1.165) is 16.9 Å². The smallest absolute Gasteiger partial charge is 0.317 e. The fourth-order valence-corrected chi connectivity index (χ4v) is 3.33. The van der Waals surface area contributed by atoms with Crippen molar-refractivity contribution in [2.75, 3.05) is 7.11 Å². The molecule has 0 aliphatic rings. The Morgan fingerprint density at radius 2 is 1.63 bits per heavy atom. The number of rotatable bonds is 5. The Morgan fingerprint density at radius 1 is 0.933 bits per heavy atom. The largest absolute Gasteiger partial charge is 0.497 e. The topological polar surface area (TPSA) is 80.3 Å². The number of benzene rings is 2. The molecule has 0 aliphatic carbocycles. The van der Waals surface area contributed by atoms with E-state index in [9.17, 15) is 9.59 Å². The predicted molar refractivity (Wildman–Crippen MR) is 114 cm³/mol. The van der Waals surface area contributed by atoms with Gasteiger partial charge in [-0.15, -0.1) is 0 Å². The first-order valence-corrected chi connectivity index (χ1v) is 9.42. The summed E-state index contributed by atoms with van der Waals surface area (Å²) in [5, 5.41) is 0. The van der Waals surface area contributed by atoms with E-state index in [1.165, 1.54) is 16.2 Å². The van der Waals surface area contributed by atoms with E-state index in [2.05, 4.69) is 4.98 Å². The molecule has 0 spiro atoms. The molecule has 0 fully saturated rings. The van der Waals surface area contributed by atoms with Crippen LogP contribution >= 0.6 is 0 Å². The molecule has 4 rings (SSSR count). The summed E-state index contributed by atoms with van der Waals surface area (Å²) < 4.78 is 15.7. The standard InChI is InChI=1S/C22H22N4O4/c1-14-8-10-16(11-9-14)30-22-23-18-19(25(3)21(28)20(27)24(18)2)26(22)13-15-6-5-7-17(12-15)29-4/h5-12H,13H2,1-4H3. The van der Waals surface area contributed by atoms with E-state index in [4.69, 9.17) is 9.47 Å². The Morgan fingerprint density at radius 3 is 2.33 bits per heavy atom. The van der Waals surface area contributed by atoms with Gasteiger partial charge < -0.3 is 9.47 Å². The van der Waals surface area contributed by atoms with Gasteiger partial charge >= 0.3 is 17.1 Å². The zero-order valence-electron chi connectivity index (χ0n) is 17.2. The fourth-order valence-electron chi connectivity index (χ4n) is 3.33. The number of imidazole rings is 1. The van der Waals surface area contributed by atoms with Crippen LogP contribution < -0.4 is 20.6 Å². The average molecular weight is 406 g/mol. The van der Waals surface area contributed by atoms with Crippen LogP contribution in [0.5, 0.6) is 17.5 Å². The summed E-state index contributed by atoms with van der Waals surface area (Å²) in [6.07, 6.45) is 0. The van der Waals surface area contributed by atoms with Crippen molar-refractivity contribution in [1.82, 2.24) is 18.7 Å². The average Bonchev–Trinajstić information content (AvgIpc) is 3.10. The van der Waals surface area contributed by atoms with Gasteiger partial charge in [0.15, 0.2) is 11.3 Å². The minimum absolute atomic E-state index is 0.285. The van der Waals surface area contributed by atoms with E-state index >= 15 is 0 Å². The lowest BCUT2D eigenvalue weighted by molar-refractivity contribution is 0.411. The maximum atomic E-state index is 12.4. The first-order chi connectivity index (χ1) is 14.4. The third kappa shape index (κ3) is 3.36. The molecule has 0 saturated heterocycles. The first kappa shape index (κ1) is 19.5. The Bertz CT molecular complexity index is 1350. The second-order valence-corrected chi connectivity index (χ2v) is 7.12. The molecule has 0 N–H and O–H groups in total. The van der Waals surface area contributed by atoms with Crippen LogP contribution in [0.1, 0.15) is 11.1 Å². The summed E-state index contributed by atoms with van der Waals surface area (Å²) in [5.74, 6) is 1.33. The van der Waals surface area contributed by atoms with E-state index in [1.807, 2.05) is 55.5 Å².